The van der Waals surface area contributed by atoms with Crippen LogP contribution in [0.4, 0.5) is 0 Å². The molecule has 22 heavy (non-hydrogen) atoms. The van der Waals surface area contributed by atoms with Gasteiger partial charge in [-0.15, -0.1) is 0 Å². The van der Waals surface area contributed by atoms with Crippen LogP contribution in [0.25, 0.3) is 0 Å². The van der Waals surface area contributed by atoms with E-state index in [0.717, 1.165) is 5.56 Å². The number of benzene rings is 1. The van der Waals surface area contributed by atoms with Gasteiger partial charge in [-0.05, 0) is 24.3 Å². The number of nitrogens with zero attached hydrogens (tertiary/aromatic N) is 1. The Morgan fingerprint density at radius 1 is 1.55 bits per heavy atom. The van der Waals surface area contributed by atoms with E-state index in [-0.39, 0.29) is 5.84 Å². The average Bonchev–Trinajstić information content (AvgIpc) is 2.49. The molecule has 0 unspecified atom stereocenters. The maximum atomic E-state index is 7.37. The van der Waals surface area contributed by atoms with Gasteiger partial charge in [0.25, 0.3) is 0 Å². The first-order chi connectivity index (χ1) is 10.6. The van der Waals surface area contributed by atoms with Crippen molar-refractivity contribution in [3.8, 4) is 5.75 Å². The molecule has 1 rings (SSSR count). The molecule has 0 amide bonds. The van der Waals surface area contributed by atoms with Crippen molar-refractivity contribution in [3.63, 3.8) is 0 Å². The topological polar surface area (TPSA) is 83.5 Å². The highest BCUT2D eigenvalue weighted by Gasteiger charge is 2.04. The molecule has 0 spiro atoms. The second-order valence-electron chi connectivity index (χ2n) is 4.20. The minimum Gasteiger partial charge on any atom is -0.496 e. The maximum absolute atomic E-state index is 7.37. The molecule has 0 saturated carbocycles. The van der Waals surface area contributed by atoms with E-state index in [9.17, 15) is 0 Å². The van der Waals surface area contributed by atoms with E-state index >= 15 is 0 Å². The van der Waals surface area contributed by atoms with Gasteiger partial charge in [0.05, 0.1) is 7.11 Å². The van der Waals surface area contributed by atoms with E-state index < -0.39 is 0 Å². The third-order valence-electron chi connectivity index (χ3n) is 2.60. The van der Waals surface area contributed by atoms with Crippen LogP contribution in [-0.4, -0.2) is 19.2 Å². The van der Waals surface area contributed by atoms with Crippen molar-refractivity contribution in [1.29, 1.82) is 5.41 Å². The van der Waals surface area contributed by atoms with E-state index in [1.54, 1.807) is 37.6 Å². The van der Waals surface area contributed by atoms with Gasteiger partial charge < -0.3 is 15.8 Å². The smallest absolute Gasteiger partial charge is 0.125 e. The summed E-state index contributed by atoms with van der Waals surface area (Å²) in [7, 11) is 1.59. The number of hydrogen-bond donors (Lipinski definition) is 3. The standard InChI is InChI=1S/C16H19ClN4O/c1-3-20-8-4-5-14(10-16(18)19)21-11-12-6-7-13(17)9-15(12)22-2/h3-10,21H,1,11H2,2H3,(H3,18,19)/b5-4-,14-10-,20-8+. The first-order valence-electron chi connectivity index (χ1n) is 6.49. The summed E-state index contributed by atoms with van der Waals surface area (Å²) in [6.07, 6.45) is 8.02. The van der Waals surface area contributed by atoms with Crippen LogP contribution in [0, 0.1) is 5.41 Å². The fraction of sp³-hybridized carbons (Fsp3) is 0.125. The predicted molar refractivity (Wildman–Crippen MR) is 92.7 cm³/mol. The predicted octanol–water partition coefficient (Wildman–Crippen LogP) is 3.03. The van der Waals surface area contributed by atoms with Gasteiger partial charge in [0.2, 0.25) is 0 Å². The van der Waals surface area contributed by atoms with Gasteiger partial charge >= 0.3 is 0 Å². The number of halogens is 1. The molecular formula is C16H19ClN4O. The molecule has 0 fully saturated rings. The highest BCUT2D eigenvalue weighted by molar-refractivity contribution is 6.30. The SMILES string of the molecule is C=C/N=C/C=C\C(=C\C(=N)N)NCc1ccc(Cl)cc1OC. The molecule has 0 heterocycles. The fourth-order valence-electron chi connectivity index (χ4n) is 1.64. The lowest BCUT2D eigenvalue weighted by Crippen LogP contribution is -2.16. The number of methoxy groups -OCH3 is 1. The minimum absolute atomic E-state index is 0.0455. The molecule has 1 aromatic carbocycles. The van der Waals surface area contributed by atoms with Gasteiger partial charge in [0, 0.05) is 41.3 Å². The molecule has 116 valence electrons. The summed E-state index contributed by atoms with van der Waals surface area (Å²) in [6, 6.07) is 5.42. The third-order valence-corrected chi connectivity index (χ3v) is 2.83. The van der Waals surface area contributed by atoms with Crippen molar-refractivity contribution in [2.75, 3.05) is 7.11 Å². The summed E-state index contributed by atoms with van der Waals surface area (Å²) in [6.45, 7) is 3.99. The number of allylic oxidation sites excluding steroid dienone is 2. The molecule has 0 aliphatic heterocycles. The molecule has 0 aliphatic carbocycles. The summed E-state index contributed by atoms with van der Waals surface area (Å²) < 4.78 is 5.29. The molecular weight excluding hydrogens is 300 g/mol. The Hall–Kier alpha value is -2.53. The van der Waals surface area contributed by atoms with E-state index in [1.165, 1.54) is 12.3 Å². The number of nitrogens with one attached hydrogen (secondary N) is 2. The first-order valence-corrected chi connectivity index (χ1v) is 6.87. The Balaban J connectivity index is 2.83. The van der Waals surface area contributed by atoms with E-state index in [4.69, 9.17) is 27.5 Å². The molecule has 0 radical (unpaired) electrons. The average molecular weight is 319 g/mol. The summed E-state index contributed by atoms with van der Waals surface area (Å²) >= 11 is 5.94. The van der Waals surface area contributed by atoms with E-state index in [0.29, 0.717) is 23.0 Å². The molecule has 0 saturated heterocycles. The van der Waals surface area contributed by atoms with Gasteiger partial charge in [-0.1, -0.05) is 24.2 Å². The molecule has 0 bridgehead atoms. The largest absolute Gasteiger partial charge is 0.496 e. The van der Waals surface area contributed by atoms with Crippen LogP contribution in [0.1, 0.15) is 5.56 Å². The minimum atomic E-state index is -0.0455. The number of amidine groups is 1. The van der Waals surface area contributed by atoms with Crippen molar-refractivity contribution >= 4 is 23.7 Å². The van der Waals surface area contributed by atoms with Gasteiger partial charge in [0.15, 0.2) is 0 Å². The highest BCUT2D eigenvalue weighted by atomic mass is 35.5. The van der Waals surface area contributed by atoms with Crippen molar-refractivity contribution in [1.82, 2.24) is 5.32 Å². The first kappa shape index (κ1) is 17.5. The van der Waals surface area contributed by atoms with E-state index in [1.807, 2.05) is 6.07 Å². The molecule has 0 aromatic heterocycles. The van der Waals surface area contributed by atoms with Crippen LogP contribution in [-0.2, 0) is 6.54 Å². The molecule has 1 aromatic rings. The maximum Gasteiger partial charge on any atom is 0.125 e. The van der Waals surface area contributed by atoms with Crippen molar-refractivity contribution in [2.45, 2.75) is 6.54 Å². The lowest BCUT2D eigenvalue weighted by Gasteiger charge is -2.11. The van der Waals surface area contributed by atoms with Gasteiger partial charge in [-0.3, -0.25) is 10.4 Å². The normalized spacial score (nSPS) is 11.8. The van der Waals surface area contributed by atoms with Crippen LogP contribution < -0.4 is 15.8 Å². The molecule has 0 aliphatic rings. The zero-order valence-electron chi connectivity index (χ0n) is 12.3. The van der Waals surface area contributed by atoms with Gasteiger partial charge in [0.1, 0.15) is 11.6 Å². The van der Waals surface area contributed by atoms with E-state index in [2.05, 4.69) is 16.9 Å². The fourth-order valence-corrected chi connectivity index (χ4v) is 1.81. The summed E-state index contributed by atoms with van der Waals surface area (Å²) in [5, 5.41) is 11.2. The number of aliphatic imine (C=N–C) groups is 1. The van der Waals surface area contributed by atoms with Crippen molar-refractivity contribution in [3.05, 3.63) is 65.5 Å². The number of nitrogens with two attached hydrogens (primary N) is 1. The Morgan fingerprint density at radius 2 is 2.32 bits per heavy atom. The van der Waals surface area contributed by atoms with Crippen molar-refractivity contribution in [2.24, 2.45) is 10.7 Å². The zero-order valence-corrected chi connectivity index (χ0v) is 13.1. The zero-order chi connectivity index (χ0) is 16.4. The quantitative estimate of drug-likeness (QED) is 0.391. The van der Waals surface area contributed by atoms with Crippen LogP contribution >= 0.6 is 11.6 Å². The Morgan fingerprint density at radius 3 is 2.95 bits per heavy atom. The second-order valence-corrected chi connectivity index (χ2v) is 4.64. The summed E-state index contributed by atoms with van der Waals surface area (Å²) in [5.74, 6) is 0.648. The Kier molecular flexibility index (Phi) is 7.50. The number of rotatable bonds is 8. The lowest BCUT2D eigenvalue weighted by molar-refractivity contribution is 0.408. The van der Waals surface area contributed by atoms with Crippen LogP contribution in [0.5, 0.6) is 5.75 Å². The van der Waals surface area contributed by atoms with Crippen LogP contribution in [0.3, 0.4) is 0 Å². The molecule has 5 nitrogen and oxygen atoms in total. The molecule has 6 heteroatoms. The lowest BCUT2D eigenvalue weighted by atomic mass is 10.2. The van der Waals surface area contributed by atoms with Crippen molar-refractivity contribution < 1.29 is 4.74 Å². The Bertz CT molecular complexity index is 621. The monoisotopic (exact) mass is 318 g/mol. The highest BCUT2D eigenvalue weighted by Crippen LogP contribution is 2.23. The Labute approximate surface area is 135 Å². The van der Waals surface area contributed by atoms with Gasteiger partial charge in [-0.25, -0.2) is 0 Å². The van der Waals surface area contributed by atoms with Crippen LogP contribution in [0.15, 0.2) is 59.9 Å². The summed E-state index contributed by atoms with van der Waals surface area (Å²) in [5.41, 5.74) is 7.03. The number of hydrogen-bond acceptors (Lipinski definition) is 4. The summed E-state index contributed by atoms with van der Waals surface area (Å²) in [4.78, 5) is 3.86. The molecule has 4 N–H and O–H groups in total. The third kappa shape index (κ3) is 6.28. The molecule has 0 atom stereocenters. The second kappa shape index (κ2) is 9.41. The number of ether oxygens (including phenoxy) is 1. The van der Waals surface area contributed by atoms with Gasteiger partial charge in [-0.2, -0.15) is 0 Å². The van der Waals surface area contributed by atoms with Crippen LogP contribution in [0.2, 0.25) is 5.02 Å².